The molecule has 5 aliphatic rings. The Morgan fingerprint density at radius 3 is 2.03 bits per heavy atom. The quantitative estimate of drug-likeness (QED) is 0.0476. The number of rotatable bonds is 14. The van der Waals surface area contributed by atoms with Gasteiger partial charge in [-0.05, 0) is 12.1 Å². The fourth-order valence-corrected chi connectivity index (χ4v) is 7.75. The predicted octanol–water partition coefficient (Wildman–Crippen LogP) is -4.76. The van der Waals surface area contributed by atoms with Crippen LogP contribution in [0.4, 0.5) is 0 Å². The lowest BCUT2D eigenvalue weighted by Crippen LogP contribution is -2.64. The molecule has 25 nitrogen and oxygen atoms in total. The van der Waals surface area contributed by atoms with Gasteiger partial charge >= 0.3 is 23.9 Å². The molecule has 64 heavy (non-hydrogen) atoms. The molecule has 1 aromatic rings. The molecule has 0 radical (unpaired) electrons. The van der Waals surface area contributed by atoms with Crippen LogP contribution in [0, 0.1) is 5.92 Å². The second-order valence-corrected chi connectivity index (χ2v) is 15.3. The molecule has 25 heteroatoms. The van der Waals surface area contributed by atoms with E-state index in [4.69, 9.17) is 52.1 Å². The zero-order valence-corrected chi connectivity index (χ0v) is 34.0. The smallest absolute Gasteiger partial charge is 0.342 e. The molecule has 5 heterocycles. The van der Waals surface area contributed by atoms with E-state index in [0.717, 1.165) is 32.2 Å². The number of hydrogen-bond donors (Lipinski definition) is 10. The van der Waals surface area contributed by atoms with Gasteiger partial charge in [-0.15, -0.1) is 6.58 Å². The van der Waals surface area contributed by atoms with Crippen LogP contribution in [0.25, 0.3) is 0 Å². The zero-order chi connectivity index (χ0) is 46.8. The molecule has 6 rings (SSSR count). The number of carbonyl (C=O) groups is 4. The van der Waals surface area contributed by atoms with E-state index in [1.54, 1.807) is 0 Å². The number of phenolic OH excluding ortho intramolecular Hbond substituents is 1. The first kappa shape index (κ1) is 48.9. The van der Waals surface area contributed by atoms with E-state index in [1.165, 1.54) is 12.1 Å². The molecule has 0 spiro atoms. The van der Waals surface area contributed by atoms with Crippen molar-refractivity contribution in [3.8, 4) is 11.5 Å². The molecule has 0 unspecified atom stereocenters. The normalized spacial score (nSPS) is 39.8. The highest BCUT2D eigenvalue weighted by molar-refractivity contribution is 5.93. The number of benzene rings is 1. The van der Waals surface area contributed by atoms with Gasteiger partial charge in [0, 0.05) is 20.3 Å². The summed E-state index contributed by atoms with van der Waals surface area (Å²) in [5.74, 6) is -6.86. The summed E-state index contributed by atoms with van der Waals surface area (Å²) in [7, 11) is 0. The first-order chi connectivity index (χ1) is 30.3. The van der Waals surface area contributed by atoms with Gasteiger partial charge in [-0.2, -0.15) is 0 Å². The van der Waals surface area contributed by atoms with E-state index in [0.29, 0.717) is 0 Å². The van der Waals surface area contributed by atoms with Gasteiger partial charge in [0.05, 0.1) is 38.6 Å². The Kier molecular flexibility index (Phi) is 15.5. The number of cyclic esters (lactones) is 1. The predicted molar refractivity (Wildman–Crippen MR) is 199 cm³/mol. The lowest BCUT2D eigenvalue weighted by molar-refractivity contribution is -0.345. The van der Waals surface area contributed by atoms with E-state index in [2.05, 4.69) is 6.58 Å². The van der Waals surface area contributed by atoms with Crippen LogP contribution in [0.3, 0.4) is 0 Å². The van der Waals surface area contributed by atoms with Crippen LogP contribution in [-0.4, -0.2) is 205 Å². The van der Waals surface area contributed by atoms with Crippen LogP contribution in [0.15, 0.2) is 42.7 Å². The van der Waals surface area contributed by atoms with Gasteiger partial charge in [0.15, 0.2) is 36.1 Å². The number of para-hydroxylation sites is 1. The largest absolute Gasteiger partial charge is 0.504 e. The van der Waals surface area contributed by atoms with Crippen molar-refractivity contribution in [3.63, 3.8) is 0 Å². The van der Waals surface area contributed by atoms with Gasteiger partial charge in [0.2, 0.25) is 18.9 Å². The van der Waals surface area contributed by atoms with Crippen LogP contribution in [0.5, 0.6) is 11.5 Å². The van der Waals surface area contributed by atoms with E-state index < -0.39 is 171 Å². The topological polar surface area (TPSA) is 372 Å². The fraction of sp³-hybridized carbons (Fsp3) is 0.641. The molecule has 0 amide bonds. The van der Waals surface area contributed by atoms with Crippen molar-refractivity contribution in [2.75, 3.05) is 26.4 Å². The number of aromatic hydroxyl groups is 1. The molecule has 5 aliphatic heterocycles. The average Bonchev–Trinajstić information content (AvgIpc) is 3.25. The molecule has 10 N–H and O–H groups in total. The minimum atomic E-state index is -2.00. The third kappa shape index (κ3) is 9.82. The number of aliphatic hydroxyl groups excluding tert-OH is 8. The maximum absolute atomic E-state index is 13.8. The molecule has 4 saturated heterocycles. The molecule has 0 aromatic heterocycles. The van der Waals surface area contributed by atoms with Gasteiger partial charge in [0.1, 0.15) is 71.7 Å². The fourth-order valence-electron chi connectivity index (χ4n) is 7.75. The summed E-state index contributed by atoms with van der Waals surface area (Å²) in [6, 6.07) is 3.34. The number of phenols is 1. The second kappa shape index (κ2) is 20.3. The first-order valence-electron chi connectivity index (χ1n) is 19.8. The minimum Gasteiger partial charge on any atom is -0.504 e. The minimum absolute atomic E-state index is 0.0842. The van der Waals surface area contributed by atoms with Gasteiger partial charge in [-0.3, -0.25) is 9.59 Å². The van der Waals surface area contributed by atoms with Crippen molar-refractivity contribution in [1.29, 1.82) is 0 Å². The maximum Gasteiger partial charge on any atom is 0.342 e. The van der Waals surface area contributed by atoms with E-state index in [9.17, 15) is 70.2 Å². The van der Waals surface area contributed by atoms with Crippen LogP contribution < -0.4 is 4.74 Å². The average molecular weight is 919 g/mol. The summed E-state index contributed by atoms with van der Waals surface area (Å²) in [5.41, 5.74) is -2.74. The van der Waals surface area contributed by atoms with Crippen molar-refractivity contribution in [3.05, 3.63) is 48.3 Å². The molecular weight excluding hydrogens is 868 g/mol. The Morgan fingerprint density at radius 1 is 0.781 bits per heavy atom. The number of aliphatic hydroxyl groups is 9. The summed E-state index contributed by atoms with van der Waals surface area (Å²) in [6.07, 6.45) is -25.8. The number of carbonyl (C=O) groups excluding carboxylic acids is 4. The van der Waals surface area contributed by atoms with Crippen LogP contribution in [0.2, 0.25) is 0 Å². The molecule has 18 atom stereocenters. The highest BCUT2D eigenvalue weighted by Gasteiger charge is 2.57. The summed E-state index contributed by atoms with van der Waals surface area (Å²) in [4.78, 5) is 51.2. The Hall–Kier alpha value is -4.58. The molecule has 0 saturated carbocycles. The van der Waals surface area contributed by atoms with E-state index >= 15 is 0 Å². The zero-order valence-electron chi connectivity index (χ0n) is 34.0. The number of hydrogen-bond acceptors (Lipinski definition) is 25. The molecule has 1 aromatic carbocycles. The van der Waals surface area contributed by atoms with Crippen LogP contribution >= 0.6 is 0 Å². The Labute approximate surface area is 362 Å². The number of fused-ring (bicyclic) bond motifs is 1. The van der Waals surface area contributed by atoms with E-state index in [-0.39, 0.29) is 18.6 Å². The van der Waals surface area contributed by atoms with Gasteiger partial charge in [-0.25, -0.2) is 9.59 Å². The Morgan fingerprint density at radius 2 is 1.39 bits per heavy atom. The molecule has 4 fully saturated rings. The number of esters is 4. The van der Waals surface area contributed by atoms with Crippen molar-refractivity contribution in [1.82, 2.24) is 0 Å². The molecule has 0 bridgehead atoms. The maximum atomic E-state index is 13.8. The highest BCUT2D eigenvalue weighted by atomic mass is 16.8. The summed E-state index contributed by atoms with van der Waals surface area (Å²) in [5, 5.41) is 105. The lowest BCUT2D eigenvalue weighted by Gasteiger charge is -2.47. The monoisotopic (exact) mass is 918 g/mol. The summed E-state index contributed by atoms with van der Waals surface area (Å²) < 4.78 is 61.0. The first-order valence-corrected chi connectivity index (χ1v) is 19.8. The standard InChI is InChI=1S/C39H50O25/c1-4-17-35(55-12-18-34(52)54-9-8-39(17,18)53)64-38-32(58-15(3)43)31(57-14(2)42)30(21(11-41)61-38)63-33(51)16-6-5-7-19(23(16)44)59-37-29(50)27(48)25(46)22(62-37)13-56-36-28(49)26(47)24(45)20(10-40)60-36/h4-7,12,17,20-22,24-32,35-38,40-41,44-50,53H,1,8-11,13H2,2-3H3/t17-,20+,21+,22+,24+,25+,26-,27-,28+,29+,30+,31-,32+,35-,36+,37+,38-,39+/m0/s1. The van der Waals surface area contributed by atoms with Gasteiger partial charge < -0.3 is 103 Å². The second-order valence-electron chi connectivity index (χ2n) is 15.3. The summed E-state index contributed by atoms with van der Waals surface area (Å²) >= 11 is 0. The van der Waals surface area contributed by atoms with Crippen molar-refractivity contribution < 1.29 is 122 Å². The third-order valence-corrected chi connectivity index (χ3v) is 11.1. The van der Waals surface area contributed by atoms with Crippen LogP contribution in [0.1, 0.15) is 30.6 Å². The number of ether oxygens (including phenoxy) is 11. The Bertz CT molecular complexity index is 1890. The third-order valence-electron chi connectivity index (χ3n) is 11.1. The molecule has 356 valence electrons. The summed E-state index contributed by atoms with van der Waals surface area (Å²) in [6.45, 7) is 3.09. The lowest BCUT2D eigenvalue weighted by atomic mass is 9.76. The van der Waals surface area contributed by atoms with Gasteiger partial charge in [-0.1, -0.05) is 12.1 Å². The highest BCUT2D eigenvalue weighted by Crippen LogP contribution is 2.43. The van der Waals surface area contributed by atoms with Crippen molar-refractivity contribution in [2.45, 2.75) is 124 Å². The van der Waals surface area contributed by atoms with Crippen LogP contribution in [-0.2, 0) is 61.8 Å². The Balaban J connectivity index is 1.19. The van der Waals surface area contributed by atoms with Crippen molar-refractivity contribution in [2.24, 2.45) is 5.92 Å². The van der Waals surface area contributed by atoms with E-state index in [1.807, 2.05) is 0 Å². The van der Waals surface area contributed by atoms with Gasteiger partial charge in [0.25, 0.3) is 0 Å². The molecule has 0 aliphatic carbocycles. The molecular formula is C39H50O25. The SMILES string of the molecule is C=C[C@H]1[C@H](O[C@@H]2O[C@H](CO)[C@@H](OC(=O)c3cccc(O[C@@H]4O[C@H](CO[C@@H]5O[C@H](CO)[C@@H](O)[C@H](O)[C@H]5O)[C@@H](O)[C@H](O)[C@H]4O)c3O)[C@H](OC(C)=O)[C@H]2OC(C)=O)OC=C2C(=O)OCC[C@]21O. The van der Waals surface area contributed by atoms with Crippen molar-refractivity contribution >= 4 is 23.9 Å².